The van der Waals surface area contributed by atoms with Gasteiger partial charge in [0.15, 0.2) is 5.13 Å². The zero-order chi connectivity index (χ0) is 28.7. The second kappa shape index (κ2) is 11.0. The van der Waals surface area contributed by atoms with Crippen LogP contribution in [0.3, 0.4) is 0 Å². The van der Waals surface area contributed by atoms with Gasteiger partial charge in [-0.05, 0) is 79.4 Å². The monoisotopic (exact) mass is 568 g/mol. The van der Waals surface area contributed by atoms with E-state index in [1.807, 2.05) is 62.4 Å². The van der Waals surface area contributed by atoms with Crippen molar-refractivity contribution in [2.45, 2.75) is 58.6 Å². The fourth-order valence-electron chi connectivity index (χ4n) is 5.51. The summed E-state index contributed by atoms with van der Waals surface area (Å²) in [7, 11) is 0. The number of aryl methyl sites for hydroxylation is 1. The van der Waals surface area contributed by atoms with Crippen molar-refractivity contribution in [3.05, 3.63) is 88.5 Å². The van der Waals surface area contributed by atoms with Crippen molar-refractivity contribution >= 4 is 44.1 Å². The van der Waals surface area contributed by atoms with E-state index in [9.17, 15) is 14.7 Å². The summed E-state index contributed by atoms with van der Waals surface area (Å²) in [5, 5.41) is 12.0. The average Bonchev–Trinajstić information content (AvgIpc) is 3.62. The van der Waals surface area contributed by atoms with Crippen LogP contribution in [0, 0.1) is 6.92 Å². The Morgan fingerprint density at radius 3 is 2.80 bits per heavy atom. The number of anilines is 1. The third-order valence-corrected chi connectivity index (χ3v) is 8.56. The number of hydrogen-bond acceptors (Lipinski definition) is 7. The number of nitrogens with zero attached hydrogens (tertiary/aromatic N) is 2. The van der Waals surface area contributed by atoms with Crippen LogP contribution in [0.2, 0.25) is 0 Å². The van der Waals surface area contributed by atoms with Crippen LogP contribution in [-0.2, 0) is 16.0 Å². The van der Waals surface area contributed by atoms with Crippen LogP contribution in [0.4, 0.5) is 5.13 Å². The number of carbonyl (C=O) groups excluding carboxylic acids is 2. The highest BCUT2D eigenvalue weighted by atomic mass is 32.1. The number of benzene rings is 3. The number of unbranched alkanes of at least 4 members (excludes halogenated alkanes) is 2. The summed E-state index contributed by atoms with van der Waals surface area (Å²) in [5.74, 6) is -0.275. The van der Waals surface area contributed by atoms with Crippen molar-refractivity contribution in [2.24, 2.45) is 0 Å². The molecule has 0 spiro atoms. The van der Waals surface area contributed by atoms with E-state index in [1.54, 1.807) is 12.1 Å². The molecule has 6 rings (SSSR count). The fourth-order valence-corrected chi connectivity index (χ4v) is 6.60. The molecule has 0 saturated carbocycles. The van der Waals surface area contributed by atoms with E-state index >= 15 is 0 Å². The summed E-state index contributed by atoms with van der Waals surface area (Å²) in [5.41, 5.74) is 3.94. The van der Waals surface area contributed by atoms with E-state index in [2.05, 4.69) is 6.92 Å². The molecular formula is C33H32N2O5S. The van der Waals surface area contributed by atoms with Crippen LogP contribution in [0.5, 0.6) is 11.5 Å². The molecule has 0 aliphatic carbocycles. The minimum absolute atomic E-state index is 0.0282. The SMILES string of the molecule is CCCCCOc1cccc([C@@H]2C(=C(O)c3ccc4c(c3)C[C@H](C)O4)C(=O)C(=O)N2c2nc3ccc(C)cc3s2)c1. The number of hydrogen-bond donors (Lipinski definition) is 1. The summed E-state index contributed by atoms with van der Waals surface area (Å²) < 4.78 is 12.7. The quantitative estimate of drug-likeness (QED) is 0.105. The molecule has 2 aliphatic heterocycles. The number of aliphatic hydroxyl groups excluding tert-OH is 1. The minimum atomic E-state index is -0.876. The number of rotatable bonds is 8. The molecule has 8 heteroatoms. The second-order valence-electron chi connectivity index (χ2n) is 10.7. The number of Topliss-reactive ketones (excluding diaryl/α,β-unsaturated/α-hetero) is 1. The molecule has 0 bridgehead atoms. The molecule has 210 valence electrons. The Kier molecular flexibility index (Phi) is 7.26. The number of fused-ring (bicyclic) bond motifs is 2. The lowest BCUT2D eigenvalue weighted by molar-refractivity contribution is -0.132. The molecule has 3 heterocycles. The zero-order valence-electron chi connectivity index (χ0n) is 23.3. The maximum absolute atomic E-state index is 13.7. The van der Waals surface area contributed by atoms with Gasteiger partial charge in [-0.15, -0.1) is 0 Å². The van der Waals surface area contributed by atoms with Gasteiger partial charge >= 0.3 is 5.91 Å². The predicted octanol–water partition coefficient (Wildman–Crippen LogP) is 7.12. The lowest BCUT2D eigenvalue weighted by atomic mass is 9.94. The lowest BCUT2D eigenvalue weighted by Gasteiger charge is -2.23. The normalized spacial score (nSPS) is 19.5. The number of thiazole rings is 1. The van der Waals surface area contributed by atoms with Gasteiger partial charge < -0.3 is 14.6 Å². The first-order valence-electron chi connectivity index (χ1n) is 14.0. The predicted molar refractivity (Wildman–Crippen MR) is 161 cm³/mol. The van der Waals surface area contributed by atoms with Gasteiger partial charge in [-0.2, -0.15) is 0 Å². The Labute approximate surface area is 243 Å². The van der Waals surface area contributed by atoms with Gasteiger partial charge in [0.2, 0.25) is 0 Å². The van der Waals surface area contributed by atoms with Gasteiger partial charge in [0, 0.05) is 12.0 Å². The van der Waals surface area contributed by atoms with Crippen LogP contribution in [0.1, 0.15) is 61.4 Å². The highest BCUT2D eigenvalue weighted by Crippen LogP contribution is 2.45. The average molecular weight is 569 g/mol. The Bertz CT molecular complexity index is 1690. The molecule has 1 fully saturated rings. The maximum Gasteiger partial charge on any atom is 0.301 e. The Hall–Kier alpha value is -4.17. The van der Waals surface area contributed by atoms with Crippen LogP contribution >= 0.6 is 11.3 Å². The van der Waals surface area contributed by atoms with E-state index in [4.69, 9.17) is 14.5 Å². The first-order chi connectivity index (χ1) is 19.8. The van der Waals surface area contributed by atoms with Gasteiger partial charge in [-0.1, -0.05) is 49.3 Å². The molecule has 1 amide bonds. The molecule has 2 atom stereocenters. The molecule has 1 aromatic heterocycles. The van der Waals surface area contributed by atoms with Crippen molar-refractivity contribution < 1.29 is 24.2 Å². The van der Waals surface area contributed by atoms with Crippen molar-refractivity contribution in [3.63, 3.8) is 0 Å². The second-order valence-corrected chi connectivity index (χ2v) is 11.7. The lowest BCUT2D eigenvalue weighted by Crippen LogP contribution is -2.29. The largest absolute Gasteiger partial charge is 0.507 e. The van der Waals surface area contributed by atoms with E-state index < -0.39 is 17.7 Å². The Balaban J connectivity index is 1.47. The van der Waals surface area contributed by atoms with Crippen LogP contribution in [-0.4, -0.2) is 34.5 Å². The summed E-state index contributed by atoms with van der Waals surface area (Å²) >= 11 is 1.35. The zero-order valence-corrected chi connectivity index (χ0v) is 24.2. The Morgan fingerprint density at radius 1 is 1.12 bits per heavy atom. The van der Waals surface area contributed by atoms with E-state index in [-0.39, 0.29) is 17.4 Å². The summed E-state index contributed by atoms with van der Waals surface area (Å²) in [4.78, 5) is 33.5. The molecule has 2 aliphatic rings. The smallest absolute Gasteiger partial charge is 0.301 e. The van der Waals surface area contributed by atoms with Crippen LogP contribution in [0.25, 0.3) is 16.0 Å². The molecular weight excluding hydrogens is 536 g/mol. The van der Waals surface area contributed by atoms with Gasteiger partial charge in [0.25, 0.3) is 5.78 Å². The van der Waals surface area contributed by atoms with E-state index in [0.717, 1.165) is 46.4 Å². The van der Waals surface area contributed by atoms with Crippen molar-refractivity contribution in [1.82, 2.24) is 4.98 Å². The molecule has 1 saturated heterocycles. The Morgan fingerprint density at radius 2 is 1.98 bits per heavy atom. The molecule has 7 nitrogen and oxygen atoms in total. The molecule has 0 unspecified atom stereocenters. The summed E-state index contributed by atoms with van der Waals surface area (Å²) in [6.45, 7) is 6.70. The number of amides is 1. The minimum Gasteiger partial charge on any atom is -0.507 e. The standard InChI is InChI=1S/C33H32N2O5S/c1-4-5-6-14-39-24-9-7-8-21(18-24)29-28(30(36)22-11-13-26-23(17-22)16-20(3)40-26)31(37)32(38)35(29)33-34-25-12-10-19(2)15-27(25)41-33/h7-13,15,17-18,20,29,36H,4-6,14,16H2,1-3H3/t20-,29+/m0/s1. The topological polar surface area (TPSA) is 89.0 Å². The molecule has 0 radical (unpaired) electrons. The van der Waals surface area contributed by atoms with Crippen molar-refractivity contribution in [2.75, 3.05) is 11.5 Å². The number of carbonyl (C=O) groups is 2. The molecule has 1 N–H and O–H groups in total. The van der Waals surface area contributed by atoms with Gasteiger partial charge in [0.05, 0.1) is 28.4 Å². The fraction of sp³-hybridized carbons (Fsp3) is 0.303. The van der Waals surface area contributed by atoms with Crippen molar-refractivity contribution in [3.8, 4) is 11.5 Å². The summed E-state index contributed by atoms with van der Waals surface area (Å²) in [6.07, 6.45) is 3.84. The van der Waals surface area contributed by atoms with E-state index in [1.165, 1.54) is 16.2 Å². The third-order valence-electron chi connectivity index (χ3n) is 7.54. The third kappa shape index (κ3) is 5.08. The van der Waals surface area contributed by atoms with E-state index in [0.29, 0.717) is 35.0 Å². The summed E-state index contributed by atoms with van der Waals surface area (Å²) in [6, 6.07) is 17.8. The van der Waals surface area contributed by atoms with Crippen LogP contribution < -0.4 is 14.4 Å². The highest BCUT2D eigenvalue weighted by molar-refractivity contribution is 7.22. The van der Waals surface area contributed by atoms with Gasteiger partial charge in [-0.25, -0.2) is 4.98 Å². The van der Waals surface area contributed by atoms with Crippen LogP contribution in [0.15, 0.2) is 66.2 Å². The van der Waals surface area contributed by atoms with Gasteiger partial charge in [0.1, 0.15) is 23.4 Å². The number of aromatic nitrogens is 1. The number of ketones is 1. The highest BCUT2D eigenvalue weighted by Gasteiger charge is 2.48. The first kappa shape index (κ1) is 27.0. The molecule has 41 heavy (non-hydrogen) atoms. The molecule has 3 aromatic carbocycles. The first-order valence-corrected chi connectivity index (χ1v) is 14.9. The molecule has 4 aromatic rings. The van der Waals surface area contributed by atoms with Gasteiger partial charge in [-0.3, -0.25) is 14.5 Å². The van der Waals surface area contributed by atoms with Crippen molar-refractivity contribution in [1.29, 1.82) is 0 Å². The number of ether oxygens (including phenoxy) is 2. The number of aliphatic hydroxyl groups is 1. The maximum atomic E-state index is 13.7.